The van der Waals surface area contributed by atoms with Crippen molar-refractivity contribution >= 4 is 27.8 Å². The van der Waals surface area contributed by atoms with Gasteiger partial charge >= 0.3 is 10.4 Å². The van der Waals surface area contributed by atoms with E-state index < -0.39 is 10.4 Å². The Balaban J connectivity index is -0.0000000133. The fraction of sp³-hybridized carbons (Fsp3) is 0. The Labute approximate surface area is 62.3 Å². The zero-order valence-corrected chi connectivity index (χ0v) is 4.44. The average molecular weight is 182 g/mol. The van der Waals surface area contributed by atoms with Crippen molar-refractivity contribution in [2.45, 2.75) is 0 Å². The normalized spacial score (nSPS) is 6.44. The summed E-state index contributed by atoms with van der Waals surface area (Å²) >= 11 is 0. The third kappa shape index (κ3) is 4100. The molecule has 0 aromatic carbocycles. The van der Waals surface area contributed by atoms with Crippen LogP contribution in [0.5, 0.6) is 0 Å². The Bertz CT molecular complexity index is 92.1. The summed E-state index contributed by atoms with van der Waals surface area (Å²) in [5.41, 5.74) is 0. The largest absolute Gasteiger partial charge is 0.412 e. The molecule has 7 nitrogen and oxygen atoms in total. The van der Waals surface area contributed by atoms with Crippen LogP contribution in [0, 0.1) is 0 Å². The van der Waals surface area contributed by atoms with Gasteiger partial charge in [-0.25, -0.2) is 0 Å². The van der Waals surface area contributed by atoms with Crippen molar-refractivity contribution in [2.75, 3.05) is 0 Å². The molecule has 0 atom stereocenters. The Morgan fingerprint density at radius 1 is 0.889 bits per heavy atom. The lowest BCUT2D eigenvalue weighted by molar-refractivity contribution is 0.381. The van der Waals surface area contributed by atoms with Gasteiger partial charge in [0.15, 0.2) is 17.4 Å². The van der Waals surface area contributed by atoms with E-state index in [1.165, 1.54) is 0 Å². The van der Waals surface area contributed by atoms with Crippen LogP contribution in [0.25, 0.3) is 0 Å². The summed E-state index contributed by atoms with van der Waals surface area (Å²) in [4.78, 5) is 0. The Morgan fingerprint density at radius 2 is 0.889 bits per heavy atom. The van der Waals surface area contributed by atoms with Crippen molar-refractivity contribution in [3.63, 3.8) is 0 Å². The zero-order chi connectivity index (χ0) is 4.50. The summed E-state index contributed by atoms with van der Waals surface area (Å²) < 4.78 is 31.6. The van der Waals surface area contributed by atoms with Crippen LogP contribution in [0.15, 0.2) is 0 Å². The van der Waals surface area contributed by atoms with E-state index in [4.69, 9.17) is 17.5 Å². The van der Waals surface area contributed by atoms with Crippen LogP contribution >= 0.6 is 0 Å². The quantitative estimate of drug-likeness (QED) is 0.285. The van der Waals surface area contributed by atoms with Gasteiger partial charge in [0.25, 0.3) is 0 Å². The van der Waals surface area contributed by atoms with Crippen LogP contribution in [0.1, 0.15) is 0 Å². The van der Waals surface area contributed by atoms with Crippen LogP contribution < -0.4 is 0 Å². The first kappa shape index (κ1) is 34.7. The highest BCUT2D eigenvalue weighted by molar-refractivity contribution is 7.79. The third-order valence-electron chi connectivity index (χ3n) is 0. The number of hydrogen-bond donors (Lipinski definition) is 2. The van der Waals surface area contributed by atoms with Crippen molar-refractivity contribution in [1.82, 2.24) is 0 Å². The number of hydrogen-bond acceptors (Lipinski definition) is 2. The van der Waals surface area contributed by atoms with Gasteiger partial charge in [-0.3, -0.25) is 9.11 Å². The molecule has 0 aliphatic carbocycles. The van der Waals surface area contributed by atoms with Gasteiger partial charge in [0.1, 0.15) is 0 Å². The molecule has 9 heavy (non-hydrogen) atoms. The topological polar surface area (TPSA) is 169 Å². The van der Waals surface area contributed by atoms with E-state index in [2.05, 4.69) is 0 Å². The molecule has 0 unspecified atom stereocenters. The van der Waals surface area contributed by atoms with Gasteiger partial charge in [0, 0.05) is 0 Å². The molecule has 0 aromatic rings. The highest BCUT2D eigenvalue weighted by Crippen LogP contribution is 1.59. The van der Waals surface area contributed by atoms with Crippen LogP contribution in [0.3, 0.4) is 0 Å². The number of rotatable bonds is 0. The van der Waals surface area contributed by atoms with Crippen molar-refractivity contribution in [1.29, 1.82) is 0 Å². The molecule has 0 saturated carbocycles. The van der Waals surface area contributed by atoms with Gasteiger partial charge in [0.2, 0.25) is 0 Å². The van der Waals surface area contributed by atoms with E-state index in [0.717, 1.165) is 0 Å². The summed E-state index contributed by atoms with van der Waals surface area (Å²) in [7, 11) is -4.67. The first-order valence-corrected chi connectivity index (χ1v) is 2.10. The second-order valence-corrected chi connectivity index (χ2v) is 1.34. The third-order valence-corrected chi connectivity index (χ3v) is 0. The summed E-state index contributed by atoms with van der Waals surface area (Å²) in [6, 6.07) is 0. The smallest absolute Gasteiger partial charge is 0.394 e. The maximum Gasteiger partial charge on any atom is 0.394 e. The molecule has 0 rings (SSSR count). The van der Waals surface area contributed by atoms with Crippen molar-refractivity contribution in [3.05, 3.63) is 0 Å². The lowest BCUT2D eigenvalue weighted by Crippen LogP contribution is -1.89. The van der Waals surface area contributed by atoms with Gasteiger partial charge in [-0.2, -0.15) is 8.42 Å². The average Bonchev–Trinajstić information content (AvgIpc) is 0.722. The molecular formula is H11AlO7S. The second kappa shape index (κ2) is 11.1. The van der Waals surface area contributed by atoms with E-state index in [1.807, 2.05) is 0 Å². The Hall–Kier alpha value is 0.282. The molecular weight excluding hydrogens is 171 g/mol. The van der Waals surface area contributed by atoms with Gasteiger partial charge in [-0.15, -0.1) is 0 Å². The van der Waals surface area contributed by atoms with Crippen molar-refractivity contribution < 1.29 is 34.0 Å². The minimum atomic E-state index is -4.67. The minimum Gasteiger partial charge on any atom is -0.412 e. The molecule has 62 valence electrons. The fourth-order valence-corrected chi connectivity index (χ4v) is 0. The molecule has 0 aliphatic rings. The molecule has 8 N–H and O–H groups in total. The summed E-state index contributed by atoms with van der Waals surface area (Å²) in [6.07, 6.45) is 0. The van der Waals surface area contributed by atoms with E-state index in [1.54, 1.807) is 0 Å². The molecule has 0 bridgehead atoms. The lowest BCUT2D eigenvalue weighted by Gasteiger charge is -1.68. The predicted molar refractivity (Wildman–Crippen MR) is 35.0 cm³/mol. The van der Waals surface area contributed by atoms with Crippen LogP contribution in [0.4, 0.5) is 0 Å². The molecule has 0 radical (unpaired) electrons. The zero-order valence-electron chi connectivity index (χ0n) is 3.62. The van der Waals surface area contributed by atoms with Gasteiger partial charge in [0.05, 0.1) is 0 Å². The van der Waals surface area contributed by atoms with Gasteiger partial charge in [-0.1, -0.05) is 0 Å². The fourth-order valence-electron chi connectivity index (χ4n) is 0. The molecule has 9 heteroatoms. The van der Waals surface area contributed by atoms with E-state index in [-0.39, 0.29) is 33.8 Å². The SMILES string of the molecule is O.O.O.O=S(=O)(O)O.[AlH3]. The van der Waals surface area contributed by atoms with Crippen molar-refractivity contribution in [2.24, 2.45) is 0 Å². The molecule has 0 amide bonds. The first-order chi connectivity index (χ1) is 2.00. The van der Waals surface area contributed by atoms with Crippen LogP contribution in [0.2, 0.25) is 0 Å². The predicted octanol–water partition coefficient (Wildman–Crippen LogP) is -4.31. The molecule has 0 aromatic heterocycles. The Kier molecular flexibility index (Phi) is 42.9. The molecule has 0 saturated heterocycles. The van der Waals surface area contributed by atoms with Crippen molar-refractivity contribution in [3.8, 4) is 0 Å². The molecule has 0 spiro atoms. The first-order valence-electron chi connectivity index (χ1n) is 0.698. The summed E-state index contributed by atoms with van der Waals surface area (Å²) in [6.45, 7) is 0. The standard InChI is InChI=1S/Al.H2O4S.3H2O.3H/c;1-5(2,3)4;;;;;;/h;(H2,1,2,3,4);3*1H2;;;. The molecule has 0 heterocycles. The van der Waals surface area contributed by atoms with Crippen LogP contribution in [-0.4, -0.2) is 51.3 Å². The summed E-state index contributed by atoms with van der Waals surface area (Å²) in [5.74, 6) is 0. The monoisotopic (exact) mass is 182 g/mol. The lowest BCUT2D eigenvalue weighted by atomic mass is 15.8. The van der Waals surface area contributed by atoms with Gasteiger partial charge in [-0.05, 0) is 0 Å². The summed E-state index contributed by atoms with van der Waals surface area (Å²) in [5, 5.41) is 0. The Morgan fingerprint density at radius 3 is 0.889 bits per heavy atom. The second-order valence-electron chi connectivity index (χ2n) is 0.448. The van der Waals surface area contributed by atoms with E-state index in [0.29, 0.717) is 0 Å². The molecule has 0 fully saturated rings. The molecule has 0 aliphatic heterocycles. The minimum absolute atomic E-state index is 0. The highest BCUT2D eigenvalue weighted by atomic mass is 32.3. The van der Waals surface area contributed by atoms with E-state index in [9.17, 15) is 0 Å². The highest BCUT2D eigenvalue weighted by Gasteiger charge is 1.84. The van der Waals surface area contributed by atoms with E-state index >= 15 is 0 Å². The van der Waals surface area contributed by atoms with Gasteiger partial charge < -0.3 is 16.4 Å². The van der Waals surface area contributed by atoms with Crippen LogP contribution in [-0.2, 0) is 10.4 Å². The maximum absolute atomic E-state index is 8.74. The maximum atomic E-state index is 8.74.